The number of fused-ring (bicyclic) bond motifs is 8. The minimum atomic E-state index is -1.05. The van der Waals surface area contributed by atoms with Gasteiger partial charge in [-0.25, -0.2) is 0 Å². The van der Waals surface area contributed by atoms with Gasteiger partial charge in [0.15, 0.2) is 0 Å². The van der Waals surface area contributed by atoms with E-state index in [2.05, 4.69) is 20.5 Å². The van der Waals surface area contributed by atoms with Crippen molar-refractivity contribution in [2.45, 2.75) is 88.4 Å². The normalized spacial score (nSPS) is 29.3. The van der Waals surface area contributed by atoms with Crippen LogP contribution in [0.3, 0.4) is 0 Å². The molecular weight excluding hydrogens is 658 g/mol. The summed E-state index contributed by atoms with van der Waals surface area (Å²) in [7, 11) is 0. The summed E-state index contributed by atoms with van der Waals surface area (Å²) in [5.74, 6) is -2.39. The Morgan fingerprint density at radius 1 is 0.846 bits per heavy atom. The zero-order chi connectivity index (χ0) is 36.5. The molecule has 1 aromatic heterocycles. The van der Waals surface area contributed by atoms with Crippen LogP contribution in [-0.2, 0) is 42.4 Å². The molecule has 1 spiro atoms. The Kier molecular flexibility index (Phi) is 8.17. The minimum Gasteiger partial charge on any atom is -0.343 e. The van der Waals surface area contributed by atoms with Gasteiger partial charge >= 0.3 is 0 Å². The van der Waals surface area contributed by atoms with Crippen LogP contribution in [0, 0.1) is 5.92 Å². The quantitative estimate of drug-likeness (QED) is 0.256. The summed E-state index contributed by atoms with van der Waals surface area (Å²) in [6.45, 7) is 5.33. The van der Waals surface area contributed by atoms with E-state index in [1.165, 1.54) is 0 Å². The zero-order valence-corrected chi connectivity index (χ0v) is 29.4. The van der Waals surface area contributed by atoms with Gasteiger partial charge in [-0.1, -0.05) is 87.0 Å². The molecule has 2 fully saturated rings. The molecule has 5 amide bonds. The number of rotatable bonds is 4. The number of nitrogens with one attached hydrogen (secondary N) is 3. The zero-order valence-electron chi connectivity index (χ0n) is 29.4. The summed E-state index contributed by atoms with van der Waals surface area (Å²) in [5.41, 5.74) is 9.60. The molecule has 268 valence electrons. The number of benzene rings is 3. The third-order valence-electron chi connectivity index (χ3n) is 11.6. The van der Waals surface area contributed by atoms with E-state index in [9.17, 15) is 24.0 Å². The van der Waals surface area contributed by atoms with Crippen molar-refractivity contribution < 1.29 is 24.0 Å². The maximum absolute atomic E-state index is 15.0. The lowest BCUT2D eigenvalue weighted by Crippen LogP contribution is -2.68. The molecule has 5 heterocycles. The Hall–Kier alpha value is -5.49. The van der Waals surface area contributed by atoms with Gasteiger partial charge in [0, 0.05) is 35.5 Å². The lowest BCUT2D eigenvalue weighted by Gasteiger charge is -2.49. The van der Waals surface area contributed by atoms with Crippen LogP contribution in [0.15, 0.2) is 85.1 Å². The average molecular weight is 702 g/mol. The number of carbonyl (C=O) groups is 5. The second-order valence-corrected chi connectivity index (χ2v) is 14.7. The number of carbonyl (C=O) groups excluding carboxylic acids is 5. The molecule has 0 aliphatic carbocycles. The Balaban J connectivity index is 1.37. The van der Waals surface area contributed by atoms with Gasteiger partial charge in [-0.15, -0.1) is 0 Å². The van der Waals surface area contributed by atoms with Crippen molar-refractivity contribution >= 4 is 46.1 Å². The molecule has 2 saturated heterocycles. The van der Waals surface area contributed by atoms with E-state index >= 15 is 0 Å². The van der Waals surface area contributed by atoms with E-state index in [1.807, 2.05) is 98.9 Å². The van der Waals surface area contributed by atoms with Gasteiger partial charge in [0.25, 0.3) is 5.91 Å². The first-order chi connectivity index (χ1) is 25.0. The Morgan fingerprint density at radius 2 is 1.56 bits per heavy atom. The van der Waals surface area contributed by atoms with Gasteiger partial charge in [0.2, 0.25) is 23.6 Å². The number of para-hydroxylation sites is 2. The molecule has 4 aliphatic rings. The number of nitrogens with two attached hydrogens (primary N) is 1. The smallest absolute Gasteiger partial charge is 0.252 e. The highest BCUT2D eigenvalue weighted by Gasteiger charge is 2.68. The molecule has 3 aromatic carbocycles. The first-order valence-corrected chi connectivity index (χ1v) is 18.1. The van der Waals surface area contributed by atoms with Crippen LogP contribution in [0.4, 0.5) is 5.69 Å². The molecule has 4 aromatic rings. The maximum atomic E-state index is 15.0. The standard InChI is InChI=1S/C40H43N7O5/c1-4-22(2)33-36(50)43-29-20-40(45-21-25(26-14-8-10-16-30(26)45)19-28(41)35(49)42-23(3)34(48)44-33)27-15-9-11-17-31(27)46-38(52)32(47(37(29)51)39(40)46)18-24-12-6-5-7-13-24/h5-17,21-23,28-29,32-33,39H,4,18-20,41H2,1-3H3,(H,42,49)(H,43,50)(H,44,48). The van der Waals surface area contributed by atoms with E-state index < -0.39 is 59.6 Å². The molecule has 4 bridgehead atoms. The average Bonchev–Trinajstić information content (AvgIpc) is 3.76. The van der Waals surface area contributed by atoms with Gasteiger partial charge in [0.05, 0.1) is 11.7 Å². The van der Waals surface area contributed by atoms with Crippen molar-refractivity contribution in [1.29, 1.82) is 0 Å². The molecule has 12 heteroatoms. The Morgan fingerprint density at radius 3 is 2.33 bits per heavy atom. The predicted octanol–water partition coefficient (Wildman–Crippen LogP) is 2.32. The van der Waals surface area contributed by atoms with Crippen LogP contribution < -0.4 is 26.6 Å². The second kappa shape index (κ2) is 12.6. The number of amides is 5. The van der Waals surface area contributed by atoms with Crippen molar-refractivity contribution in [3.8, 4) is 0 Å². The van der Waals surface area contributed by atoms with Gasteiger partial charge in [-0.05, 0) is 42.5 Å². The molecule has 0 radical (unpaired) electrons. The van der Waals surface area contributed by atoms with Crippen molar-refractivity contribution in [3.63, 3.8) is 0 Å². The number of nitrogens with zero attached hydrogens (tertiary/aromatic N) is 3. The maximum Gasteiger partial charge on any atom is 0.252 e. The molecule has 5 N–H and O–H groups in total. The highest BCUT2D eigenvalue weighted by Crippen LogP contribution is 2.57. The first-order valence-electron chi connectivity index (χ1n) is 18.1. The summed E-state index contributed by atoms with van der Waals surface area (Å²) >= 11 is 0. The minimum absolute atomic E-state index is 0.139. The van der Waals surface area contributed by atoms with E-state index in [0.29, 0.717) is 18.5 Å². The van der Waals surface area contributed by atoms with E-state index in [1.54, 1.807) is 16.7 Å². The number of aromatic nitrogens is 1. The van der Waals surface area contributed by atoms with Crippen LogP contribution in [0.5, 0.6) is 0 Å². The fourth-order valence-corrected chi connectivity index (χ4v) is 8.83. The third-order valence-corrected chi connectivity index (χ3v) is 11.6. The van der Waals surface area contributed by atoms with E-state index in [-0.39, 0.29) is 30.6 Å². The molecule has 8 unspecified atom stereocenters. The SMILES string of the molecule is CCC(C)C1NC(=O)C(C)NC(=O)C(N)Cc2cn(c3ccccc23)C23CC(NC1=O)C(=O)N1C(Cc4ccccc4)C(=O)N(c4ccccc42)C13. The number of piperidine rings is 1. The Bertz CT molecular complexity index is 2120. The van der Waals surface area contributed by atoms with Crippen LogP contribution in [0.25, 0.3) is 10.9 Å². The van der Waals surface area contributed by atoms with Crippen molar-refractivity contribution in [1.82, 2.24) is 25.4 Å². The summed E-state index contributed by atoms with van der Waals surface area (Å²) in [6.07, 6.45) is 2.42. The fourth-order valence-electron chi connectivity index (χ4n) is 8.83. The third kappa shape index (κ3) is 5.02. The number of hydrogen-bond donors (Lipinski definition) is 4. The highest BCUT2D eigenvalue weighted by atomic mass is 16.2. The van der Waals surface area contributed by atoms with Crippen molar-refractivity contribution in [2.75, 3.05) is 4.90 Å². The summed E-state index contributed by atoms with van der Waals surface area (Å²) in [4.78, 5) is 74.4. The van der Waals surface area contributed by atoms with Gasteiger partial charge in [-0.3, -0.25) is 28.9 Å². The molecular formula is C40H43N7O5. The number of anilines is 1. The molecule has 4 aliphatic heterocycles. The summed E-state index contributed by atoms with van der Waals surface area (Å²) < 4.78 is 2.14. The predicted molar refractivity (Wildman–Crippen MR) is 195 cm³/mol. The highest BCUT2D eigenvalue weighted by molar-refractivity contribution is 6.08. The lowest BCUT2D eigenvalue weighted by atomic mass is 9.78. The molecule has 12 nitrogen and oxygen atoms in total. The van der Waals surface area contributed by atoms with Crippen LogP contribution >= 0.6 is 0 Å². The van der Waals surface area contributed by atoms with E-state index in [0.717, 1.165) is 27.6 Å². The van der Waals surface area contributed by atoms with Gasteiger partial charge in [0.1, 0.15) is 35.9 Å². The first kappa shape index (κ1) is 33.6. The fraction of sp³-hybridized carbons (Fsp3) is 0.375. The van der Waals surface area contributed by atoms with Crippen LogP contribution in [0.1, 0.15) is 50.3 Å². The topological polar surface area (TPSA) is 159 Å². The van der Waals surface area contributed by atoms with Gasteiger partial charge in [-0.2, -0.15) is 0 Å². The van der Waals surface area contributed by atoms with Crippen LogP contribution in [-0.4, -0.2) is 75.4 Å². The molecule has 8 rings (SSSR count). The van der Waals surface area contributed by atoms with E-state index in [4.69, 9.17) is 5.73 Å². The number of hydrogen-bond acceptors (Lipinski definition) is 6. The molecule has 8 atom stereocenters. The largest absolute Gasteiger partial charge is 0.343 e. The van der Waals surface area contributed by atoms with Crippen molar-refractivity contribution in [3.05, 3.63) is 102 Å². The summed E-state index contributed by atoms with van der Waals surface area (Å²) in [5, 5.41) is 9.51. The lowest BCUT2D eigenvalue weighted by molar-refractivity contribution is -0.147. The van der Waals surface area contributed by atoms with Crippen LogP contribution in [0.2, 0.25) is 0 Å². The monoisotopic (exact) mass is 701 g/mol. The van der Waals surface area contributed by atoms with Gasteiger partial charge < -0.3 is 31.2 Å². The molecule has 52 heavy (non-hydrogen) atoms. The second-order valence-electron chi connectivity index (χ2n) is 14.7. The van der Waals surface area contributed by atoms with Crippen molar-refractivity contribution in [2.24, 2.45) is 11.7 Å². The Labute approximate surface area is 301 Å². The summed E-state index contributed by atoms with van der Waals surface area (Å²) in [6, 6.07) is 20.4. The molecule has 0 saturated carbocycles.